The zero-order valence-electron chi connectivity index (χ0n) is 21.1. The second-order valence-electron chi connectivity index (χ2n) is 8.82. The topological polar surface area (TPSA) is 116 Å². The Bertz CT molecular complexity index is 1490. The van der Waals surface area contributed by atoms with E-state index in [9.17, 15) is 18.8 Å². The highest BCUT2D eigenvalue weighted by Gasteiger charge is 2.32. The number of ether oxygens (including phenoxy) is 2. The summed E-state index contributed by atoms with van der Waals surface area (Å²) >= 11 is 3.49. The van der Waals surface area contributed by atoms with Crippen molar-refractivity contribution in [2.45, 2.75) is 33.4 Å². The van der Waals surface area contributed by atoms with E-state index < -0.39 is 29.0 Å². The maximum atomic E-state index is 15.5. The molecule has 12 heteroatoms. The number of esters is 2. The van der Waals surface area contributed by atoms with Gasteiger partial charge in [0.2, 0.25) is 5.43 Å². The number of nitrogen functional groups attached to an aromatic ring is 1. The fraction of sp³-hybridized carbons (Fsp3) is 0.346. The van der Waals surface area contributed by atoms with Crippen molar-refractivity contribution in [1.29, 1.82) is 0 Å². The molecule has 2 heterocycles. The number of anilines is 2. The highest BCUT2D eigenvalue weighted by molar-refractivity contribution is 9.10. The van der Waals surface area contributed by atoms with Crippen LogP contribution in [0.25, 0.3) is 16.6 Å². The fourth-order valence-electron chi connectivity index (χ4n) is 4.46. The minimum Gasteiger partial charge on any atom is -0.462 e. The molecule has 1 aliphatic heterocycles. The standard InChI is InChI=1S/C26H27BrF2N4O5/c1-4-31-15-9-32(10-15)24-19(29)7-16-23(22(24)27)33(11-17(25(16)35)26(36)37-5-2)21-8-20(30)18(28)6-14(21)12-38-13(3)34/h6-8,11,15,31H,4-5,9-10,12,30H2,1-3H3. The highest BCUT2D eigenvalue weighted by Crippen LogP contribution is 2.39. The lowest BCUT2D eigenvalue weighted by Gasteiger charge is -2.42. The van der Waals surface area contributed by atoms with Gasteiger partial charge in [0, 0.05) is 37.8 Å². The van der Waals surface area contributed by atoms with Gasteiger partial charge in [-0.05, 0) is 47.6 Å². The normalized spacial score (nSPS) is 13.5. The molecule has 0 unspecified atom stereocenters. The van der Waals surface area contributed by atoms with Crippen LogP contribution in [0.3, 0.4) is 0 Å². The van der Waals surface area contributed by atoms with Gasteiger partial charge in [-0.2, -0.15) is 0 Å². The molecule has 0 atom stereocenters. The van der Waals surface area contributed by atoms with E-state index in [1.165, 1.54) is 23.8 Å². The molecule has 1 saturated heterocycles. The number of benzene rings is 2. The Morgan fingerprint density at radius 2 is 1.87 bits per heavy atom. The number of carbonyl (C=O) groups excluding carboxylic acids is 2. The number of rotatable bonds is 8. The lowest BCUT2D eigenvalue weighted by Crippen LogP contribution is -2.58. The third kappa shape index (κ3) is 5.10. The smallest absolute Gasteiger partial charge is 0.343 e. The van der Waals surface area contributed by atoms with Gasteiger partial charge in [0.25, 0.3) is 0 Å². The summed E-state index contributed by atoms with van der Waals surface area (Å²) in [6, 6.07) is 3.67. The average molecular weight is 593 g/mol. The van der Waals surface area contributed by atoms with Crippen LogP contribution >= 0.6 is 15.9 Å². The summed E-state index contributed by atoms with van der Waals surface area (Å²) < 4.78 is 41.8. The van der Waals surface area contributed by atoms with Crippen LogP contribution in [0.15, 0.2) is 33.7 Å². The molecular formula is C26H27BrF2N4O5. The molecule has 3 N–H and O–H groups in total. The van der Waals surface area contributed by atoms with Gasteiger partial charge in [0.15, 0.2) is 0 Å². The van der Waals surface area contributed by atoms with E-state index in [2.05, 4.69) is 21.2 Å². The molecule has 0 amide bonds. The van der Waals surface area contributed by atoms with Crippen molar-refractivity contribution in [2.75, 3.05) is 36.9 Å². The van der Waals surface area contributed by atoms with Gasteiger partial charge in [-0.25, -0.2) is 13.6 Å². The molecule has 4 rings (SSSR count). The Hall–Kier alpha value is -3.51. The Kier molecular flexibility index (Phi) is 8.02. The van der Waals surface area contributed by atoms with E-state index in [-0.39, 0.29) is 62.8 Å². The van der Waals surface area contributed by atoms with Gasteiger partial charge in [-0.1, -0.05) is 6.92 Å². The van der Waals surface area contributed by atoms with Crippen molar-refractivity contribution in [3.63, 3.8) is 0 Å². The van der Waals surface area contributed by atoms with E-state index in [1.807, 2.05) is 11.8 Å². The van der Waals surface area contributed by atoms with Gasteiger partial charge < -0.3 is 30.0 Å². The highest BCUT2D eigenvalue weighted by atomic mass is 79.9. The number of hydrogen-bond donors (Lipinski definition) is 2. The van der Waals surface area contributed by atoms with Crippen molar-refractivity contribution in [1.82, 2.24) is 9.88 Å². The van der Waals surface area contributed by atoms with Crippen molar-refractivity contribution in [3.05, 3.63) is 61.9 Å². The van der Waals surface area contributed by atoms with Crippen molar-refractivity contribution < 1.29 is 27.8 Å². The third-order valence-corrected chi connectivity index (χ3v) is 6.98. The van der Waals surface area contributed by atoms with Crippen LogP contribution < -0.4 is 21.4 Å². The summed E-state index contributed by atoms with van der Waals surface area (Å²) in [7, 11) is 0. The summed E-state index contributed by atoms with van der Waals surface area (Å²) in [6.45, 7) is 6.33. The molecule has 0 bridgehead atoms. The first kappa shape index (κ1) is 27.5. The summed E-state index contributed by atoms with van der Waals surface area (Å²) in [5.41, 5.74) is 5.48. The van der Waals surface area contributed by atoms with Gasteiger partial charge in [0.1, 0.15) is 23.8 Å². The second kappa shape index (κ2) is 11.1. The Morgan fingerprint density at radius 3 is 2.50 bits per heavy atom. The first-order valence-electron chi connectivity index (χ1n) is 12.0. The van der Waals surface area contributed by atoms with Crippen molar-refractivity contribution in [3.8, 4) is 5.69 Å². The molecule has 0 saturated carbocycles. The van der Waals surface area contributed by atoms with Crippen LogP contribution in [0.2, 0.25) is 0 Å². The minimum absolute atomic E-state index is 0.0103. The molecule has 1 fully saturated rings. The predicted octanol–water partition coefficient (Wildman–Crippen LogP) is 3.65. The first-order chi connectivity index (χ1) is 18.1. The van der Waals surface area contributed by atoms with E-state index >= 15 is 4.39 Å². The predicted molar refractivity (Wildman–Crippen MR) is 143 cm³/mol. The zero-order valence-corrected chi connectivity index (χ0v) is 22.7. The molecule has 1 aromatic heterocycles. The zero-order chi connectivity index (χ0) is 27.7. The number of likely N-dealkylation sites (N-methyl/N-ethyl adjacent to an activating group) is 1. The maximum Gasteiger partial charge on any atom is 0.343 e. The number of nitrogens with two attached hydrogens (primary N) is 1. The molecule has 0 radical (unpaired) electrons. The van der Waals surface area contributed by atoms with E-state index in [0.29, 0.717) is 13.1 Å². The van der Waals surface area contributed by atoms with Crippen molar-refractivity contribution in [2.24, 2.45) is 0 Å². The molecular weight excluding hydrogens is 566 g/mol. The average Bonchev–Trinajstić information content (AvgIpc) is 2.83. The summed E-state index contributed by atoms with van der Waals surface area (Å²) in [5, 5.41) is 3.20. The van der Waals surface area contributed by atoms with E-state index in [4.69, 9.17) is 15.2 Å². The number of nitrogens with one attached hydrogen (secondary N) is 1. The summed E-state index contributed by atoms with van der Waals surface area (Å²) in [4.78, 5) is 39.4. The SMILES string of the molecule is CCNC1CN(c2c(F)cc3c(=O)c(C(=O)OCC)cn(-c4cc(N)c(F)cc4COC(C)=O)c3c2Br)C1. The third-order valence-electron chi connectivity index (χ3n) is 6.23. The summed E-state index contributed by atoms with van der Waals surface area (Å²) in [5.74, 6) is -2.89. The second-order valence-corrected chi connectivity index (χ2v) is 9.61. The largest absolute Gasteiger partial charge is 0.462 e. The number of fused-ring (bicyclic) bond motifs is 1. The lowest BCUT2D eigenvalue weighted by molar-refractivity contribution is -0.142. The number of carbonyl (C=O) groups is 2. The number of hydrogen-bond acceptors (Lipinski definition) is 8. The molecule has 2 aromatic carbocycles. The molecule has 0 spiro atoms. The van der Waals surface area contributed by atoms with E-state index in [0.717, 1.165) is 18.7 Å². The molecule has 3 aromatic rings. The molecule has 38 heavy (non-hydrogen) atoms. The number of pyridine rings is 1. The first-order valence-corrected chi connectivity index (χ1v) is 12.8. The van der Waals surface area contributed by atoms with Gasteiger partial charge >= 0.3 is 11.9 Å². The number of aromatic nitrogens is 1. The van der Waals surface area contributed by atoms with Crippen LogP contribution in [0.1, 0.15) is 36.7 Å². The maximum absolute atomic E-state index is 15.5. The number of nitrogens with zero attached hydrogens (tertiary/aromatic N) is 2. The molecule has 1 aliphatic rings. The van der Waals surface area contributed by atoms with Gasteiger partial charge in [0.05, 0.1) is 39.0 Å². The summed E-state index contributed by atoms with van der Waals surface area (Å²) in [6.07, 6.45) is 1.25. The van der Waals surface area contributed by atoms with Crippen LogP contribution in [0.4, 0.5) is 20.2 Å². The van der Waals surface area contributed by atoms with Crippen LogP contribution in [0.5, 0.6) is 0 Å². The van der Waals surface area contributed by atoms with Crippen molar-refractivity contribution >= 4 is 50.1 Å². The van der Waals surface area contributed by atoms with Crippen LogP contribution in [-0.2, 0) is 20.9 Å². The van der Waals surface area contributed by atoms with Gasteiger partial charge in [-0.3, -0.25) is 9.59 Å². The van der Waals surface area contributed by atoms with Crippen LogP contribution in [0, 0.1) is 11.6 Å². The molecule has 202 valence electrons. The number of halogens is 3. The van der Waals surface area contributed by atoms with E-state index in [1.54, 1.807) is 6.92 Å². The Labute approximate surface area is 225 Å². The Morgan fingerprint density at radius 1 is 1.16 bits per heavy atom. The fourth-order valence-corrected chi connectivity index (χ4v) is 5.30. The lowest BCUT2D eigenvalue weighted by atomic mass is 10.0. The molecule has 9 nitrogen and oxygen atoms in total. The van der Waals surface area contributed by atoms with Crippen LogP contribution in [-0.4, -0.2) is 48.8 Å². The molecule has 0 aliphatic carbocycles. The minimum atomic E-state index is -0.901. The Balaban J connectivity index is 2.03. The van der Waals surface area contributed by atoms with Gasteiger partial charge in [-0.15, -0.1) is 0 Å². The quantitative estimate of drug-likeness (QED) is 0.301. The monoisotopic (exact) mass is 592 g/mol.